The number of aryl methyl sites for hydroxylation is 2. The zero-order valence-corrected chi connectivity index (χ0v) is 73.7. The van der Waals surface area contributed by atoms with Gasteiger partial charge in [-0.3, -0.25) is 58.1 Å². The molecule has 8 rings (SSSR count). The number of aliphatic imine (C=N–C) groups is 3. The van der Waals surface area contributed by atoms with Crippen LogP contribution in [0.25, 0.3) is 17.0 Å². The van der Waals surface area contributed by atoms with Crippen LogP contribution < -0.4 is 97.0 Å². The zero-order valence-electron chi connectivity index (χ0n) is 71.4. The van der Waals surface area contributed by atoms with Crippen LogP contribution in [0.4, 0.5) is 11.4 Å². The van der Waals surface area contributed by atoms with Crippen LogP contribution in [-0.4, -0.2) is 171 Å². The van der Waals surface area contributed by atoms with Gasteiger partial charge < -0.3 is 92.5 Å². The van der Waals surface area contributed by atoms with Gasteiger partial charge in [0.15, 0.2) is 24.1 Å². The highest BCUT2D eigenvalue weighted by molar-refractivity contribution is 8.03. The van der Waals surface area contributed by atoms with Crippen LogP contribution in [0.5, 0.6) is 0 Å². The summed E-state index contributed by atoms with van der Waals surface area (Å²) in [7, 11) is 2.09. The molecule has 1 aromatic heterocycles. The predicted octanol–water partition coefficient (Wildman–Crippen LogP) is 7.77. The lowest BCUT2D eigenvalue weighted by Crippen LogP contribution is -2.60. The van der Waals surface area contributed by atoms with Crippen LogP contribution in [0.1, 0.15) is 223 Å². The highest BCUT2D eigenvalue weighted by Crippen LogP contribution is 2.46. The Morgan fingerprint density at radius 1 is 0.484 bits per heavy atom. The summed E-state index contributed by atoms with van der Waals surface area (Å²) in [6.45, 7) is 2.70. The van der Waals surface area contributed by atoms with Crippen molar-refractivity contribution in [2.75, 3.05) is 67.9 Å². The van der Waals surface area contributed by atoms with E-state index in [0.717, 1.165) is 148 Å². The van der Waals surface area contributed by atoms with Crippen molar-refractivity contribution >= 4 is 134 Å². The number of nitrogens with zero attached hydrogens (tertiary/aromatic N) is 6. The SMILES string of the molecule is CN1/C(=C\c2cc[n+](CCCCCC(=O)N[C@@H](CC3CCCCC3)C(=O)N[C@H](CCCN=C(N)N)C(=O)N[C@@H](CC3CCCCC3)C(=O)N[C@H](CCCN=C(N)N)C(=O)N[C@@H](CC3CCCCC3)C(=O)N[C@H](CCCN=C(N)N)C(=O)N[C@H](CCCCNC(=O)CCCc3ccc(N(CCCl)CCCl)cc3)C(N)=O)c3ccccc23)Sc2ccccc21. The molecule has 30 nitrogen and oxygen atoms in total. The normalized spacial score (nSPS) is 16.4. The van der Waals surface area contributed by atoms with Crippen LogP contribution in [0.2, 0.25) is 0 Å². The van der Waals surface area contributed by atoms with Crippen molar-refractivity contribution in [2.24, 2.45) is 72.9 Å². The molecule has 2 heterocycles. The van der Waals surface area contributed by atoms with E-state index in [2.05, 4.69) is 140 Å². The number of hydrogen-bond acceptors (Lipinski definition) is 15. The smallest absolute Gasteiger partial charge is 0.243 e. The fourth-order valence-electron chi connectivity index (χ4n) is 16.9. The van der Waals surface area contributed by atoms with Crippen LogP contribution in [-0.2, 0) is 56.1 Å². The van der Waals surface area contributed by atoms with Gasteiger partial charge in [-0.15, -0.1) is 23.2 Å². The number of aromatic nitrogens is 1. The molecule has 4 aromatic rings. The minimum Gasteiger partial charge on any atom is -0.370 e. The second-order valence-electron chi connectivity index (χ2n) is 33.1. The molecule has 3 aliphatic carbocycles. The second kappa shape index (κ2) is 53.4. The van der Waals surface area contributed by atoms with E-state index in [4.69, 9.17) is 63.3 Å². The number of benzene rings is 3. The van der Waals surface area contributed by atoms with Crippen molar-refractivity contribution in [3.8, 4) is 0 Å². The molecule has 3 aromatic carbocycles. The van der Waals surface area contributed by atoms with Crippen molar-refractivity contribution in [1.82, 2.24) is 42.5 Å². The summed E-state index contributed by atoms with van der Waals surface area (Å²) < 4.78 is 2.26. The maximum absolute atomic E-state index is 15.3. The number of unbranched alkanes of at least 4 members (excludes halogenated alkanes) is 3. The Morgan fingerprint density at radius 2 is 0.926 bits per heavy atom. The van der Waals surface area contributed by atoms with E-state index < -0.39 is 83.6 Å². The van der Waals surface area contributed by atoms with E-state index in [1.807, 2.05) is 30.3 Å². The number of nitrogens with two attached hydrogens (primary N) is 7. The molecular formula is C89H136Cl2N21O9S+. The van der Waals surface area contributed by atoms with Crippen molar-refractivity contribution in [3.05, 3.63) is 101 Å². The Kier molecular flexibility index (Phi) is 42.8. The highest BCUT2D eigenvalue weighted by atomic mass is 35.5. The van der Waals surface area contributed by atoms with Gasteiger partial charge in [0.1, 0.15) is 48.8 Å². The molecule has 670 valence electrons. The van der Waals surface area contributed by atoms with E-state index in [1.54, 1.807) is 11.8 Å². The molecule has 1 aliphatic heterocycles. The molecule has 0 unspecified atom stereocenters. The largest absolute Gasteiger partial charge is 0.370 e. The first-order valence-electron chi connectivity index (χ1n) is 44.4. The number of rotatable bonds is 53. The molecule has 0 bridgehead atoms. The fraction of sp³-hybridized carbons (Fsp3) is 0.607. The van der Waals surface area contributed by atoms with Crippen LogP contribution >= 0.6 is 35.0 Å². The lowest BCUT2D eigenvalue weighted by molar-refractivity contribution is -0.671. The first-order valence-corrected chi connectivity index (χ1v) is 46.3. The van der Waals surface area contributed by atoms with Crippen molar-refractivity contribution in [1.29, 1.82) is 0 Å². The molecule has 33 heteroatoms. The second-order valence-corrected chi connectivity index (χ2v) is 34.9. The Balaban J connectivity index is 0.931. The summed E-state index contributed by atoms with van der Waals surface area (Å²) >= 11 is 13.8. The molecule has 0 saturated heterocycles. The molecule has 3 saturated carbocycles. The molecule has 0 spiro atoms. The third kappa shape index (κ3) is 34.2. The lowest BCUT2D eigenvalue weighted by Gasteiger charge is -2.31. The number of carbonyl (C=O) groups is 9. The van der Waals surface area contributed by atoms with E-state index in [-0.39, 0.29) is 131 Å². The number of anilines is 2. The number of carbonyl (C=O) groups excluding carboxylic acids is 9. The van der Waals surface area contributed by atoms with Gasteiger partial charge in [-0.25, -0.2) is 0 Å². The van der Waals surface area contributed by atoms with Gasteiger partial charge in [-0.2, -0.15) is 4.57 Å². The molecule has 3 fully saturated rings. The number of thioether (sulfide) groups is 1. The summed E-state index contributed by atoms with van der Waals surface area (Å²) in [5.74, 6) is -4.66. The standard InChI is InChI=1S/C89H135Cl2N21O9S/c1-110-75-37-15-16-38-76(75)122-79(110)59-64-45-53-112(74-36-14-13-31-66(64)74)52-19-5-12-39-78(114)103-71(56-61-24-6-2-7-25-61)84(119)105-69(34-22-50-101-88(95)96)82(117)108-73(58-63-28-10-4-11-29-63)86(121)107-70(35-23-51-102-89(97)98)83(118)109-72(57-62-26-8-3-9-27-62)85(120)106-68(33-21-49-100-87(93)94)81(116)104-67(80(92)115)32-17-18-48-99-77(113)40-20-30-60-41-43-65(44-42-60)111(54-46-90)55-47-91/h13-16,31,36-38,41-45,53,59,61-63,67-73H,2-12,17-30,32-35,39-40,46-52,54-58H2,1H3,(H21-,92,93,94,95,96,97,98,99,100,101,102,103,104,105,106,107,108,109,113,114,115,116,117,118,119,120,121)/p+1/t67-,68-,69-,70-,71+,72+,73+/m1/s1. The van der Waals surface area contributed by atoms with Gasteiger partial charge in [0, 0.05) is 100 Å². The van der Waals surface area contributed by atoms with Gasteiger partial charge in [-0.05, 0) is 168 Å². The number of para-hydroxylation sites is 2. The molecular weight excluding hydrogens is 1610 g/mol. The highest BCUT2D eigenvalue weighted by Gasteiger charge is 2.37. The van der Waals surface area contributed by atoms with Crippen LogP contribution in [0.15, 0.2) is 110 Å². The number of alkyl halides is 2. The van der Waals surface area contributed by atoms with E-state index in [1.165, 1.54) is 10.6 Å². The number of guanidine groups is 3. The number of fused-ring (bicyclic) bond motifs is 2. The third-order valence-corrected chi connectivity index (χ3v) is 25.1. The van der Waals surface area contributed by atoms with Crippen molar-refractivity contribution in [2.45, 2.75) is 272 Å². The Labute approximate surface area is 734 Å². The topological polar surface area (TPSA) is 479 Å². The summed E-state index contributed by atoms with van der Waals surface area (Å²) in [5.41, 5.74) is 45.8. The number of primary amides is 1. The van der Waals surface area contributed by atoms with Crippen LogP contribution in [0, 0.1) is 17.8 Å². The van der Waals surface area contributed by atoms with Gasteiger partial charge in [0.25, 0.3) is 0 Å². The molecule has 22 N–H and O–H groups in total. The minimum absolute atomic E-state index is 0.000531. The molecule has 122 heavy (non-hydrogen) atoms. The minimum atomic E-state index is -1.33. The monoisotopic (exact) mass is 1740 g/mol. The maximum atomic E-state index is 15.3. The number of hydrogen-bond donors (Lipinski definition) is 15. The summed E-state index contributed by atoms with van der Waals surface area (Å²) in [5, 5.41) is 25.9. The third-order valence-electron chi connectivity index (χ3n) is 23.6. The summed E-state index contributed by atoms with van der Waals surface area (Å²) in [6, 6.07) is 18.6. The Bertz CT molecular complexity index is 4120. The number of amides is 9. The first-order chi connectivity index (χ1) is 58.9. The summed E-state index contributed by atoms with van der Waals surface area (Å²) in [4.78, 5) is 148. The number of pyridine rings is 1. The number of halogens is 2. The van der Waals surface area contributed by atoms with Gasteiger partial charge in [0.05, 0.1) is 16.1 Å². The Morgan fingerprint density at radius 3 is 1.41 bits per heavy atom. The molecule has 0 radical (unpaired) electrons. The zero-order chi connectivity index (χ0) is 87.6. The molecule has 7 atom stereocenters. The molecule has 4 aliphatic rings. The van der Waals surface area contributed by atoms with Crippen molar-refractivity contribution < 1.29 is 47.7 Å². The fourth-order valence-corrected chi connectivity index (χ4v) is 18.4. The summed E-state index contributed by atoms with van der Waals surface area (Å²) in [6.07, 6.45) is 24.3. The van der Waals surface area contributed by atoms with E-state index in [0.29, 0.717) is 76.3 Å². The average Bonchev–Trinajstić information content (AvgIpc) is 1.54. The van der Waals surface area contributed by atoms with Gasteiger partial charge in [0.2, 0.25) is 58.7 Å². The molecule has 9 amide bonds. The van der Waals surface area contributed by atoms with E-state index in [9.17, 15) is 24.0 Å². The van der Waals surface area contributed by atoms with Crippen molar-refractivity contribution in [3.63, 3.8) is 0 Å². The Hall–Kier alpha value is -9.62. The quantitative estimate of drug-likeness (QED) is 0.00659. The first kappa shape index (κ1) is 97.8. The van der Waals surface area contributed by atoms with Gasteiger partial charge in [-0.1, -0.05) is 144 Å². The average molecular weight is 1750 g/mol. The van der Waals surface area contributed by atoms with Crippen LogP contribution in [0.3, 0.4) is 0 Å². The predicted molar refractivity (Wildman–Crippen MR) is 487 cm³/mol. The lowest BCUT2D eigenvalue weighted by atomic mass is 9.84. The van der Waals surface area contributed by atoms with E-state index >= 15 is 19.2 Å². The van der Waals surface area contributed by atoms with Gasteiger partial charge >= 0.3 is 0 Å². The number of nitrogens with one attached hydrogen (secondary N) is 8. The maximum Gasteiger partial charge on any atom is 0.243 e.